The average molecular weight is 1300 g/mol. The van der Waals surface area contributed by atoms with Crippen LogP contribution >= 0.6 is 0 Å². The number of halogens is 30. The third-order valence-corrected chi connectivity index (χ3v) is 11.9. The van der Waals surface area contributed by atoms with Crippen LogP contribution in [-0.4, -0.2) is 42.5 Å². The summed E-state index contributed by atoms with van der Waals surface area (Å²) < 4.78 is 422. The minimum Gasteiger partial charge on any atom is -0.536 e. The number of benzene rings is 6. The Morgan fingerprint density at radius 2 is 0.216 bits per heavy atom. The van der Waals surface area contributed by atoms with Crippen molar-refractivity contribution in [2.24, 2.45) is 0 Å². The summed E-state index contributed by atoms with van der Waals surface area (Å²) in [5.41, 5.74) is -11.4. The smallest absolute Gasteiger partial charge is 0.304 e. The number of quaternary nitrogens is 2. The van der Waals surface area contributed by atoms with Gasteiger partial charge in [0.15, 0.2) is 105 Å². The quantitative estimate of drug-likeness (QED) is 0.0773. The number of hydrogen-bond donors (Lipinski definition) is 2. The largest absolute Gasteiger partial charge is 0.536 e. The van der Waals surface area contributed by atoms with Crippen molar-refractivity contribution in [1.82, 2.24) is 29.9 Å². The number of hydrogen-bond acceptors (Lipinski definition) is 6. The van der Waals surface area contributed by atoms with Gasteiger partial charge >= 0.3 is 12.6 Å². The first kappa shape index (κ1) is 69.3. The van der Waals surface area contributed by atoms with Crippen molar-refractivity contribution < 1.29 is 143 Å². The number of aromatic nitrogens is 6. The van der Waals surface area contributed by atoms with Crippen LogP contribution in [0, 0.1) is 175 Å². The molecule has 0 bridgehead atoms. The van der Waals surface area contributed by atoms with Crippen LogP contribution in [0.25, 0.3) is 0 Å². The molecule has 0 aliphatic rings. The minimum atomic E-state index is -5.66. The molecule has 9 aromatic rings. The van der Waals surface area contributed by atoms with Gasteiger partial charge in [0.2, 0.25) is 0 Å². The van der Waals surface area contributed by atoms with Crippen molar-refractivity contribution in [1.29, 1.82) is 0 Å². The molecule has 0 fully saturated rings. The highest BCUT2D eigenvalue weighted by molar-refractivity contribution is 7.05. The van der Waals surface area contributed by atoms with Gasteiger partial charge in [-0.25, -0.2) is 132 Å². The molecule has 9 rings (SSSR count). The van der Waals surface area contributed by atoms with E-state index in [0.29, 0.717) is 0 Å². The molecule has 40 heteroatoms. The second-order valence-corrected chi connectivity index (χ2v) is 16.7. The highest BCUT2D eigenvalue weighted by Gasteiger charge is 2.53. The van der Waals surface area contributed by atoms with E-state index in [2.05, 4.69) is 41.2 Å². The molecular weight excluding hydrogens is 1280 g/mol. The summed E-state index contributed by atoms with van der Waals surface area (Å²) in [5.74, 6) is -91.5. The van der Waals surface area contributed by atoms with Gasteiger partial charge in [-0.15, -0.1) is 0 Å². The third kappa shape index (κ3) is 12.3. The first-order valence-corrected chi connectivity index (χ1v) is 22.3. The Morgan fingerprint density at radius 1 is 0.148 bits per heavy atom. The second-order valence-electron chi connectivity index (χ2n) is 16.7. The normalized spacial score (nSPS) is 11.2. The molecule has 0 aliphatic heterocycles. The van der Waals surface area contributed by atoms with Gasteiger partial charge in [-0.1, -0.05) is 32.8 Å². The first-order chi connectivity index (χ1) is 41.1. The van der Waals surface area contributed by atoms with E-state index < -0.39 is 220 Å². The Morgan fingerprint density at radius 3 is 0.284 bits per heavy atom. The molecule has 0 spiro atoms. The predicted octanol–water partition coefficient (Wildman–Crippen LogP) is 7.39. The Bertz CT molecular complexity index is 3230. The Hall–Kier alpha value is -9.49. The van der Waals surface area contributed by atoms with E-state index >= 15 is 0 Å². The van der Waals surface area contributed by atoms with Crippen molar-refractivity contribution >= 4 is 45.3 Å². The zero-order valence-corrected chi connectivity index (χ0v) is 41.5. The molecule has 0 saturated heterocycles. The Kier molecular flexibility index (Phi) is 21.6. The lowest BCUT2D eigenvalue weighted by Gasteiger charge is -2.35. The molecule has 0 unspecified atom stereocenters. The van der Waals surface area contributed by atoms with E-state index in [0.717, 1.165) is 0 Å². The lowest BCUT2D eigenvalue weighted by atomic mass is 9.24. The first-order valence-electron chi connectivity index (χ1n) is 22.3. The lowest BCUT2D eigenvalue weighted by molar-refractivity contribution is -0.195. The summed E-state index contributed by atoms with van der Waals surface area (Å²) in [6, 6.07) is 0. The van der Waals surface area contributed by atoms with Crippen LogP contribution < -0.4 is 44.1 Å². The van der Waals surface area contributed by atoms with Gasteiger partial charge in [0.1, 0.15) is 69.8 Å². The molecule has 8 nitrogen and oxygen atoms in total. The Labute approximate surface area is 466 Å². The van der Waals surface area contributed by atoms with Crippen LogP contribution in [0.15, 0.2) is 74.4 Å². The molecule has 0 saturated carbocycles. The zero-order valence-electron chi connectivity index (χ0n) is 41.5. The van der Waals surface area contributed by atoms with Crippen LogP contribution in [-0.2, 0) is 0 Å². The van der Waals surface area contributed by atoms with Gasteiger partial charge in [0.25, 0.3) is 0 Å². The van der Waals surface area contributed by atoms with Crippen molar-refractivity contribution in [3.05, 3.63) is 249 Å². The van der Waals surface area contributed by atoms with Crippen LogP contribution in [0.2, 0.25) is 0 Å². The van der Waals surface area contributed by atoms with Crippen molar-refractivity contribution in [2.75, 3.05) is 0 Å². The fraction of sp³-hybridized carbons (Fsp3) is 0. The van der Waals surface area contributed by atoms with Crippen LogP contribution in [0.4, 0.5) is 132 Å². The third-order valence-electron chi connectivity index (χ3n) is 11.9. The molecule has 6 aromatic carbocycles. The van der Waals surface area contributed by atoms with E-state index in [1.54, 1.807) is 74.4 Å². The van der Waals surface area contributed by atoms with Gasteiger partial charge < -0.3 is 11.3 Å². The number of rotatable bonds is 6. The molecule has 88 heavy (non-hydrogen) atoms. The molecule has 0 atom stereocenters. The van der Waals surface area contributed by atoms with Gasteiger partial charge in [0.05, 0.1) is 0 Å². The topological polar surface area (TPSA) is 133 Å². The van der Waals surface area contributed by atoms with Crippen molar-refractivity contribution in [3.8, 4) is 0 Å². The second kappa shape index (κ2) is 27.5. The van der Waals surface area contributed by atoms with Crippen molar-refractivity contribution in [3.63, 3.8) is 0 Å². The van der Waals surface area contributed by atoms with Crippen molar-refractivity contribution in [2.45, 2.75) is 0 Å². The van der Waals surface area contributed by atoms with Crippen LogP contribution in [0.3, 0.4) is 0 Å². The maximum Gasteiger partial charge on any atom is 0.304 e. The van der Waals surface area contributed by atoms with E-state index in [9.17, 15) is 132 Å². The molecule has 6 N–H and O–H groups in total. The fourth-order valence-corrected chi connectivity index (χ4v) is 7.95. The summed E-state index contributed by atoms with van der Waals surface area (Å²) in [6.07, 6.45) is 8.34. The van der Waals surface area contributed by atoms with Gasteiger partial charge in [-0.2, -0.15) is 0 Å². The summed E-state index contributed by atoms with van der Waals surface area (Å²) in [5, 5.41) is 0. The highest BCUT2D eigenvalue weighted by Crippen LogP contribution is 2.28. The SMILES string of the molecule is [NH3+][B-](c1c(F)c(F)c(F)c(F)c1F)(c1c(F)c(F)c(F)c(F)c1F)c1c(F)c(F)c(F)c(F)c1F.[NH3+][B-](c1c(F)c(F)c(F)c(F)c1F)(c1c(F)c(F)c(F)c(F)c1F)c1c(F)c(F)c(F)c(F)c1F.c1cnccn1.c1cnccn1.c1cnccn1. The minimum absolute atomic E-state index is 1.64. The summed E-state index contributed by atoms with van der Waals surface area (Å²) in [6.45, 7) is 0. The molecule has 0 radical (unpaired) electrons. The van der Waals surface area contributed by atoms with E-state index in [-0.39, 0.29) is 0 Å². The van der Waals surface area contributed by atoms with Gasteiger partial charge in [0, 0.05) is 74.4 Å². The maximum atomic E-state index is 14.6. The lowest BCUT2D eigenvalue weighted by Crippen LogP contribution is -2.97. The monoisotopic (exact) mass is 1300 g/mol. The van der Waals surface area contributed by atoms with Gasteiger partial charge in [-0.3, -0.25) is 29.9 Å². The summed E-state index contributed by atoms with van der Waals surface area (Å²) in [4.78, 5) is 22.3. The predicted molar refractivity (Wildman–Crippen MR) is 239 cm³/mol. The molecule has 3 aromatic heterocycles. The highest BCUT2D eigenvalue weighted by atomic mass is 19.2. The molecule has 466 valence electrons. The standard InChI is InChI=1S/2C18H3BF15N.3C4H4N2/c2*20-4-1(5(21)11(27)16(32)10(4)26)19(35,2-6(22)12(28)17(33)13(29)7(2)23)3-8(24)14(30)18(34)15(31)9(3)25;3*1-2-6-4-3-5-1/h2*35H3;3*1-4H. The molecule has 0 amide bonds. The van der Waals surface area contributed by atoms with E-state index in [1.807, 2.05) is 0 Å². The maximum absolute atomic E-state index is 14.6. The molecular formula is C48H18B2F30N8. The average Bonchev–Trinajstić information content (AvgIpc) is 0.755. The summed E-state index contributed by atoms with van der Waals surface area (Å²) >= 11 is 0. The van der Waals surface area contributed by atoms with E-state index in [4.69, 9.17) is 0 Å². The van der Waals surface area contributed by atoms with Crippen LogP contribution in [0.5, 0.6) is 0 Å². The van der Waals surface area contributed by atoms with Crippen LogP contribution in [0.1, 0.15) is 0 Å². The zero-order chi connectivity index (χ0) is 66.5. The summed E-state index contributed by atoms with van der Waals surface area (Å²) in [7, 11) is 0. The van der Waals surface area contributed by atoms with E-state index in [1.165, 1.54) is 0 Å². The molecule has 0 aliphatic carbocycles. The molecule has 3 heterocycles. The van der Waals surface area contributed by atoms with Gasteiger partial charge in [-0.05, 0) is 0 Å². The number of nitrogens with zero attached hydrogens (tertiary/aromatic N) is 6. The fourth-order valence-electron chi connectivity index (χ4n) is 7.95. The Balaban J connectivity index is 0.000000248.